The Morgan fingerprint density at radius 2 is 1.53 bits per heavy atom. The van der Waals surface area contributed by atoms with Gasteiger partial charge in [0.2, 0.25) is 0 Å². The smallest absolute Gasteiger partial charge is 1.00 e. The van der Waals surface area contributed by atoms with E-state index in [1.54, 1.807) is 0 Å². The van der Waals surface area contributed by atoms with E-state index in [0.29, 0.717) is 0 Å². The van der Waals surface area contributed by atoms with Crippen LogP contribution in [0.3, 0.4) is 0 Å². The van der Waals surface area contributed by atoms with Gasteiger partial charge in [0, 0.05) is 0 Å². The molecule has 0 aromatic carbocycles. The first-order valence-electron chi connectivity index (χ1n) is 1.71. The number of hydrogen-bond acceptors (Lipinski definition) is 10. The molecule has 0 atom stereocenters. The normalized spacial score (nSPS) is 4.80. The van der Waals surface area contributed by atoms with Crippen LogP contribution in [-0.4, -0.2) is 21.4 Å². The molecule has 0 aliphatic carbocycles. The molecule has 1 rings (SSSR count). The summed E-state index contributed by atoms with van der Waals surface area (Å²) in [5, 5.41) is 21.5. The molecular weight excluding hydrogens is 276 g/mol. The van der Waals surface area contributed by atoms with Crippen molar-refractivity contribution in [2.24, 2.45) is 0 Å². The molecule has 15 heavy (non-hydrogen) atoms. The van der Waals surface area contributed by atoms with E-state index >= 15 is 0 Å². The van der Waals surface area contributed by atoms with Crippen LogP contribution in [0.15, 0.2) is 0 Å². The van der Waals surface area contributed by atoms with Crippen molar-refractivity contribution in [3.05, 3.63) is 5.82 Å². The van der Waals surface area contributed by atoms with E-state index in [0.717, 1.165) is 0 Å². The average molecular weight is 292 g/mol. The number of carbonyl (C=O) groups excluding carboxylic acids is 1. The summed E-state index contributed by atoms with van der Waals surface area (Å²) in [5.41, 5.74) is 0. The van der Waals surface area contributed by atoms with E-state index in [-0.39, 0.29) is 59.9 Å². The number of hydrogen-bond donors (Lipinski definition) is 5. The third-order valence-electron chi connectivity index (χ3n) is 0.501. The number of rotatable bonds is 1. The van der Waals surface area contributed by atoms with Gasteiger partial charge in [0.1, 0.15) is 0 Å². The van der Waals surface area contributed by atoms with E-state index in [4.69, 9.17) is 0 Å². The van der Waals surface area contributed by atoms with Gasteiger partial charge in [0.15, 0.2) is 0 Å². The quantitative estimate of drug-likeness (QED) is 0.326. The SMILES string of the molecule is N.N.N.N.N.O=C([O-])c1nn[n-]n1.[Cl-].[Co+3]. The zero-order chi connectivity index (χ0) is 5.98. The fourth-order valence-corrected chi connectivity index (χ4v) is 0.226. The summed E-state index contributed by atoms with van der Waals surface area (Å²) in [6.07, 6.45) is 0. The van der Waals surface area contributed by atoms with Gasteiger partial charge in [0.05, 0.1) is 11.8 Å². The van der Waals surface area contributed by atoms with Gasteiger partial charge in [-0.3, -0.25) is 10.4 Å². The summed E-state index contributed by atoms with van der Waals surface area (Å²) in [6.45, 7) is 0. The van der Waals surface area contributed by atoms with Crippen LogP contribution in [0.5, 0.6) is 0 Å². The summed E-state index contributed by atoms with van der Waals surface area (Å²) in [6, 6.07) is 0. The van der Waals surface area contributed by atoms with E-state index in [9.17, 15) is 9.90 Å². The average Bonchev–Trinajstić information content (AvgIpc) is 2.12. The van der Waals surface area contributed by atoms with Crippen LogP contribution in [0.1, 0.15) is 10.6 Å². The molecule has 0 aliphatic rings. The molecule has 0 saturated heterocycles. The Bertz CT molecular complexity index is 194. The molecule has 1 heterocycles. The van der Waals surface area contributed by atoms with Gasteiger partial charge >= 0.3 is 16.8 Å². The molecule has 1 aromatic heterocycles. The molecule has 0 aliphatic heterocycles. The number of carbonyl (C=O) groups is 1. The van der Waals surface area contributed by atoms with Crippen LogP contribution < -0.4 is 53.5 Å². The van der Waals surface area contributed by atoms with Crippen LogP contribution in [0.2, 0.25) is 0 Å². The van der Waals surface area contributed by atoms with Gasteiger partial charge in [-0.25, -0.2) is 5.10 Å². The van der Waals surface area contributed by atoms with Crippen molar-refractivity contribution >= 4 is 5.97 Å². The molecule has 0 fully saturated rings. The van der Waals surface area contributed by atoms with Crippen LogP contribution in [0.4, 0.5) is 0 Å². The number of nitrogens with zero attached hydrogens (tertiary/aromatic N) is 4. The maximum atomic E-state index is 9.75. The van der Waals surface area contributed by atoms with Gasteiger partial charge < -0.3 is 58.2 Å². The number of tetrazole rings is 1. The number of carboxylic acid groups (broad SMARTS) is 1. The second-order valence-electron chi connectivity index (χ2n) is 0.990. The standard InChI is InChI=1S/C2H2N4O2.ClH.Co.5H3N/c7-2(8)1-3-5-6-4-1;;;;;;;/h(H2,3,4,5,6,7,8);1H;;5*1H3/q;;+3;;;;;/p-3. The van der Waals surface area contributed by atoms with Crippen LogP contribution >= 0.6 is 0 Å². The number of carboxylic acids is 1. The summed E-state index contributed by atoms with van der Waals surface area (Å²) in [4.78, 5) is 9.75. The summed E-state index contributed by atoms with van der Waals surface area (Å²) in [5.74, 6) is -1.94. The Kier molecular flexibility index (Phi) is 74.0. The van der Waals surface area contributed by atoms with Crippen LogP contribution in [0.25, 0.3) is 0 Å². The Morgan fingerprint density at radius 1 is 1.13 bits per heavy atom. The van der Waals surface area contributed by atoms with Gasteiger partial charge in [-0.05, 0) is 0 Å². The number of aromatic nitrogens is 4. The van der Waals surface area contributed by atoms with Gasteiger partial charge in [0.25, 0.3) is 0 Å². The number of aromatic carboxylic acids is 1. The molecule has 0 spiro atoms. The van der Waals surface area contributed by atoms with Gasteiger partial charge in [-0.1, -0.05) is 0 Å². The second-order valence-corrected chi connectivity index (χ2v) is 0.990. The molecule has 96 valence electrons. The predicted octanol–water partition coefficient (Wildman–Crippen LogP) is -5.00. The Hall–Kier alpha value is -0.864. The first kappa shape index (κ1) is 47.9. The van der Waals surface area contributed by atoms with Crippen molar-refractivity contribution in [1.82, 2.24) is 51.4 Å². The maximum absolute atomic E-state index is 9.75. The molecule has 11 nitrogen and oxygen atoms in total. The first-order chi connectivity index (χ1) is 3.80. The minimum atomic E-state index is -1.46. The molecule has 0 unspecified atom stereocenters. The molecule has 0 saturated carbocycles. The maximum Gasteiger partial charge on any atom is 3.00 e. The van der Waals surface area contributed by atoms with Gasteiger partial charge in [-0.2, -0.15) is 0 Å². The monoisotopic (exact) mass is 291 g/mol. The van der Waals surface area contributed by atoms with E-state index < -0.39 is 11.8 Å². The van der Waals surface area contributed by atoms with Crippen molar-refractivity contribution in [2.75, 3.05) is 0 Å². The van der Waals surface area contributed by atoms with E-state index in [1.165, 1.54) is 0 Å². The minimum absolute atomic E-state index is 0. The molecule has 1 aromatic rings. The second kappa shape index (κ2) is 23.2. The van der Waals surface area contributed by atoms with Crippen molar-refractivity contribution in [1.29, 1.82) is 0 Å². The van der Waals surface area contributed by atoms with Crippen molar-refractivity contribution < 1.29 is 39.1 Å². The minimum Gasteiger partial charge on any atom is -1.00 e. The predicted molar refractivity (Wildman–Crippen MR) is 42.6 cm³/mol. The fraction of sp³-hybridized carbons (Fsp3) is 0. The molecule has 0 radical (unpaired) electrons. The Balaban J connectivity index is -0.0000000183. The van der Waals surface area contributed by atoms with Crippen LogP contribution in [0, 0.1) is 0 Å². The van der Waals surface area contributed by atoms with Crippen molar-refractivity contribution in [3.8, 4) is 0 Å². The number of halogens is 1. The fourth-order valence-electron chi connectivity index (χ4n) is 0.226. The zero-order valence-corrected chi connectivity index (χ0v) is 9.65. The van der Waals surface area contributed by atoms with Gasteiger partial charge in [-0.15, -0.1) is 0 Å². The third-order valence-corrected chi connectivity index (χ3v) is 0.501. The molecule has 0 amide bonds. The van der Waals surface area contributed by atoms with E-state index in [1.807, 2.05) is 0 Å². The van der Waals surface area contributed by atoms with E-state index in [2.05, 4.69) is 20.6 Å². The molecular formula is C2H15ClCoN9O2. The van der Waals surface area contributed by atoms with Crippen molar-refractivity contribution in [3.63, 3.8) is 0 Å². The summed E-state index contributed by atoms with van der Waals surface area (Å²) in [7, 11) is 0. The molecule has 13 heteroatoms. The first-order valence-corrected chi connectivity index (χ1v) is 1.71. The van der Waals surface area contributed by atoms with Crippen molar-refractivity contribution in [2.45, 2.75) is 0 Å². The summed E-state index contributed by atoms with van der Waals surface area (Å²) < 4.78 is 0. The topological polar surface area (TPSA) is 268 Å². The zero-order valence-electron chi connectivity index (χ0n) is 7.85. The molecule has 15 N–H and O–H groups in total. The Labute approximate surface area is 103 Å². The Morgan fingerprint density at radius 3 is 1.67 bits per heavy atom. The van der Waals surface area contributed by atoms with Crippen LogP contribution in [-0.2, 0) is 16.8 Å². The largest absolute Gasteiger partial charge is 3.00 e. The molecule has 0 bridgehead atoms. The summed E-state index contributed by atoms with van der Waals surface area (Å²) >= 11 is 0. The third kappa shape index (κ3) is 15.9.